The Labute approximate surface area is 235 Å². The smallest absolute Gasteiger partial charge is 0.741 e. The van der Waals surface area contributed by atoms with Crippen molar-refractivity contribution in [1.29, 1.82) is 0 Å². The average molecular weight is 568 g/mol. The van der Waals surface area contributed by atoms with Crippen molar-refractivity contribution in [2.75, 3.05) is 0 Å². The van der Waals surface area contributed by atoms with Crippen molar-refractivity contribution in [1.82, 2.24) is 19.9 Å². The average Bonchev–Trinajstić information content (AvgIpc) is 2.91. The van der Waals surface area contributed by atoms with Crippen LogP contribution in [0.4, 0.5) is 0 Å². The molecule has 0 atom stereocenters. The Hall–Kier alpha value is -4.16. The van der Waals surface area contributed by atoms with Crippen LogP contribution in [0.25, 0.3) is 0 Å². The minimum absolute atomic E-state index is 0. The molecule has 0 unspecified atom stereocenters. The van der Waals surface area contributed by atoms with Crippen LogP contribution in [0.1, 0.15) is 22.8 Å². The first kappa shape index (κ1) is 29.1. The van der Waals surface area contributed by atoms with Gasteiger partial charge in [-0.25, -0.2) is 0 Å². The predicted molar refractivity (Wildman–Crippen MR) is 146 cm³/mol. The Morgan fingerprint density at radius 3 is 0.946 bits per heavy atom. The third kappa shape index (κ3) is 9.78. The van der Waals surface area contributed by atoms with Crippen LogP contribution in [0.5, 0.6) is 0 Å². The Kier molecular flexibility index (Phi) is 12.4. The standard InChI is InChI=1S/2C12H11N5S.Fe/c2*13-12(18)17-16-11(9-5-1-3-7-14-9)10-6-2-4-8-15-10;/h2*1-8H,(H3,13,17,18);/q;;+2/p-2. The zero-order valence-corrected chi connectivity index (χ0v) is 21.9. The van der Waals surface area contributed by atoms with Crippen LogP contribution in [0.15, 0.2) is 118 Å². The van der Waals surface area contributed by atoms with Gasteiger partial charge in [0.15, 0.2) is 0 Å². The molecule has 4 aromatic rings. The van der Waals surface area contributed by atoms with Gasteiger partial charge in [0.25, 0.3) is 0 Å². The first-order valence-corrected chi connectivity index (χ1v) is 11.2. The van der Waals surface area contributed by atoms with Crippen LogP contribution in [-0.2, 0) is 42.3 Å². The van der Waals surface area contributed by atoms with Crippen LogP contribution in [0.3, 0.4) is 0 Å². The van der Waals surface area contributed by atoms with E-state index in [4.69, 9.17) is 11.5 Å². The molecule has 37 heavy (non-hydrogen) atoms. The van der Waals surface area contributed by atoms with E-state index in [2.05, 4.69) is 65.6 Å². The molecule has 4 rings (SSSR count). The summed E-state index contributed by atoms with van der Waals surface area (Å²) in [6.07, 6.45) is 6.70. The molecule has 13 heteroatoms. The number of amidine groups is 2. The molecule has 0 aliphatic rings. The van der Waals surface area contributed by atoms with Crippen molar-refractivity contribution in [2.45, 2.75) is 0 Å². The molecule has 4 heterocycles. The van der Waals surface area contributed by atoms with Crippen molar-refractivity contribution in [2.24, 2.45) is 31.9 Å². The fraction of sp³-hybridized carbons (Fsp3) is 0. The SMILES string of the molecule is N/C([S-])=N/N=C(c1ccccn1)c1ccccn1.N/C([S-])=N/N=C(c1ccccn1)c1ccccn1.[Fe+2]. The number of hydrogen-bond acceptors (Lipinski definition) is 10. The fourth-order valence-electron chi connectivity index (χ4n) is 2.68. The van der Waals surface area contributed by atoms with E-state index < -0.39 is 0 Å². The summed E-state index contributed by atoms with van der Waals surface area (Å²) >= 11 is 9.35. The molecule has 4 N–H and O–H groups in total. The number of nitrogens with zero attached hydrogens (tertiary/aromatic N) is 8. The van der Waals surface area contributed by atoms with Gasteiger partial charge in [0.2, 0.25) is 0 Å². The Balaban J connectivity index is 0.000000253. The van der Waals surface area contributed by atoms with E-state index in [1.54, 1.807) is 24.8 Å². The van der Waals surface area contributed by atoms with Gasteiger partial charge in [-0.1, -0.05) is 24.3 Å². The molecule has 0 aromatic carbocycles. The summed E-state index contributed by atoms with van der Waals surface area (Å²) in [4.78, 5) is 16.9. The van der Waals surface area contributed by atoms with Gasteiger partial charge in [-0.15, -0.1) is 10.2 Å². The normalized spacial score (nSPS) is 10.7. The largest absolute Gasteiger partial charge is 2.00 e. The van der Waals surface area contributed by atoms with Gasteiger partial charge in [-0.05, 0) is 58.9 Å². The van der Waals surface area contributed by atoms with E-state index in [9.17, 15) is 0 Å². The number of hydrogen-bond donors (Lipinski definition) is 2. The van der Waals surface area contributed by atoms with Crippen molar-refractivity contribution in [3.8, 4) is 0 Å². The molecule has 0 saturated carbocycles. The number of rotatable bonds is 6. The molecule has 0 saturated heterocycles. The van der Waals surface area contributed by atoms with Crippen molar-refractivity contribution >= 4 is 47.0 Å². The maximum Gasteiger partial charge on any atom is 2.00 e. The number of pyridine rings is 4. The van der Waals surface area contributed by atoms with Gasteiger partial charge in [0, 0.05) is 24.8 Å². The van der Waals surface area contributed by atoms with Gasteiger partial charge in [-0.3, -0.25) is 19.9 Å². The molecule has 0 aliphatic heterocycles. The molecule has 0 spiro atoms. The van der Waals surface area contributed by atoms with Crippen LogP contribution in [0.2, 0.25) is 0 Å². The minimum atomic E-state index is -0.0284. The molecular weight excluding hydrogens is 548 g/mol. The van der Waals surface area contributed by atoms with Crippen molar-refractivity contribution < 1.29 is 17.1 Å². The van der Waals surface area contributed by atoms with E-state index >= 15 is 0 Å². The van der Waals surface area contributed by atoms with E-state index in [0.717, 1.165) is 0 Å². The Morgan fingerprint density at radius 1 is 0.486 bits per heavy atom. The molecule has 0 radical (unpaired) electrons. The third-order valence-corrected chi connectivity index (χ3v) is 4.29. The number of nitrogens with two attached hydrogens (primary N) is 2. The topological polar surface area (TPSA) is 153 Å². The molecule has 0 aliphatic carbocycles. The second-order valence-corrected chi connectivity index (χ2v) is 7.47. The molecule has 0 bridgehead atoms. The second kappa shape index (κ2) is 15.8. The maximum absolute atomic E-state index is 5.31. The van der Waals surface area contributed by atoms with Crippen LogP contribution >= 0.6 is 0 Å². The monoisotopic (exact) mass is 568 g/mol. The maximum atomic E-state index is 5.31. The fourth-order valence-corrected chi connectivity index (χ4v) is 2.76. The van der Waals surface area contributed by atoms with E-state index in [1.165, 1.54) is 0 Å². The van der Waals surface area contributed by atoms with Gasteiger partial charge in [0.1, 0.15) is 11.4 Å². The molecule has 0 amide bonds. The van der Waals surface area contributed by atoms with Gasteiger partial charge < -0.3 is 36.7 Å². The van der Waals surface area contributed by atoms with Crippen LogP contribution in [0, 0.1) is 0 Å². The van der Waals surface area contributed by atoms with Crippen LogP contribution < -0.4 is 11.5 Å². The summed E-state index contributed by atoms with van der Waals surface area (Å²) in [7, 11) is 0. The summed E-state index contributed by atoms with van der Waals surface area (Å²) in [5.74, 6) is 0. The third-order valence-electron chi connectivity index (χ3n) is 4.13. The zero-order valence-electron chi connectivity index (χ0n) is 19.1. The summed E-state index contributed by atoms with van der Waals surface area (Å²) in [6.45, 7) is 0. The summed E-state index contributed by atoms with van der Waals surface area (Å²) in [5.41, 5.74) is 14.3. The predicted octanol–water partition coefficient (Wildman–Crippen LogP) is 2.18. The first-order valence-electron chi connectivity index (χ1n) is 10.4. The first-order chi connectivity index (χ1) is 17.5. The van der Waals surface area contributed by atoms with E-state index in [1.807, 2.05) is 72.8 Å². The van der Waals surface area contributed by atoms with Crippen molar-refractivity contribution in [3.05, 3.63) is 120 Å². The van der Waals surface area contributed by atoms with Gasteiger partial charge in [0.05, 0.1) is 22.8 Å². The number of aromatic nitrogens is 4. The van der Waals surface area contributed by atoms with E-state index in [-0.39, 0.29) is 27.4 Å². The summed E-state index contributed by atoms with van der Waals surface area (Å²) in [5, 5.41) is 15.4. The summed E-state index contributed by atoms with van der Waals surface area (Å²) < 4.78 is 0. The Morgan fingerprint density at radius 2 is 0.757 bits per heavy atom. The minimum Gasteiger partial charge on any atom is -0.741 e. The molecule has 186 valence electrons. The van der Waals surface area contributed by atoms with Crippen molar-refractivity contribution in [3.63, 3.8) is 0 Å². The van der Waals surface area contributed by atoms with Gasteiger partial charge in [-0.2, -0.15) is 10.2 Å². The van der Waals surface area contributed by atoms with Crippen LogP contribution in [-0.4, -0.2) is 41.7 Å². The molecule has 4 aromatic heterocycles. The zero-order chi connectivity index (χ0) is 25.6. The quantitative estimate of drug-likeness (QED) is 0.118. The van der Waals surface area contributed by atoms with Gasteiger partial charge >= 0.3 is 17.1 Å². The Bertz CT molecular complexity index is 1150. The van der Waals surface area contributed by atoms with E-state index in [0.29, 0.717) is 34.2 Å². The molecular formula is C24H20FeN10S2. The second-order valence-electron chi connectivity index (χ2n) is 6.63. The summed E-state index contributed by atoms with van der Waals surface area (Å²) in [6, 6.07) is 22.0. The molecule has 10 nitrogen and oxygen atoms in total. The molecule has 0 fully saturated rings.